The van der Waals surface area contributed by atoms with Gasteiger partial charge in [-0.2, -0.15) is 5.10 Å². The number of benzene rings is 1. The Hall–Kier alpha value is -3.62. The highest BCUT2D eigenvalue weighted by Gasteiger charge is 2.20. The number of ether oxygens (including phenoxy) is 3. The first-order valence-corrected chi connectivity index (χ1v) is 9.75. The molecule has 0 bridgehead atoms. The average molecular weight is 426 g/mol. The maximum atomic E-state index is 12.7. The van der Waals surface area contributed by atoms with Gasteiger partial charge >= 0.3 is 5.97 Å². The standard InChI is InChI=1S/C22H26N4O5/c1-12-9-20-23-13(2)15(14(3)26(20)25-12)7-8-21(27)24-17-11-19(30-5)18(29-4)10-16(17)22(28)31-6/h9-11H,7-8H2,1-6H3,(H,24,27). The summed E-state index contributed by atoms with van der Waals surface area (Å²) in [5.74, 6) is -0.0959. The highest BCUT2D eigenvalue weighted by atomic mass is 16.5. The number of amides is 1. The van der Waals surface area contributed by atoms with Crippen LogP contribution in [0.4, 0.5) is 5.69 Å². The number of nitrogens with zero attached hydrogens (tertiary/aromatic N) is 3. The van der Waals surface area contributed by atoms with E-state index in [1.807, 2.05) is 26.8 Å². The first-order chi connectivity index (χ1) is 14.8. The first kappa shape index (κ1) is 22.1. The van der Waals surface area contributed by atoms with Crippen molar-refractivity contribution < 1.29 is 23.8 Å². The lowest BCUT2D eigenvalue weighted by atomic mass is 10.1. The molecule has 3 aromatic rings. The number of anilines is 1. The summed E-state index contributed by atoms with van der Waals surface area (Å²) < 4.78 is 17.1. The molecule has 2 heterocycles. The number of carbonyl (C=O) groups is 2. The van der Waals surface area contributed by atoms with Crippen molar-refractivity contribution in [1.29, 1.82) is 0 Å². The largest absolute Gasteiger partial charge is 0.493 e. The quantitative estimate of drug-likeness (QED) is 0.579. The van der Waals surface area contributed by atoms with E-state index in [-0.39, 0.29) is 17.9 Å². The molecule has 0 saturated carbocycles. The molecule has 0 radical (unpaired) electrons. The van der Waals surface area contributed by atoms with Crippen LogP contribution in [0.25, 0.3) is 5.65 Å². The van der Waals surface area contributed by atoms with Crippen molar-refractivity contribution in [2.75, 3.05) is 26.6 Å². The van der Waals surface area contributed by atoms with E-state index in [0.717, 1.165) is 28.3 Å². The van der Waals surface area contributed by atoms with Crippen LogP contribution < -0.4 is 14.8 Å². The van der Waals surface area contributed by atoms with Gasteiger partial charge in [-0.05, 0) is 32.8 Å². The van der Waals surface area contributed by atoms with Gasteiger partial charge < -0.3 is 19.5 Å². The summed E-state index contributed by atoms with van der Waals surface area (Å²) in [6.07, 6.45) is 0.677. The topological polar surface area (TPSA) is 104 Å². The Balaban J connectivity index is 1.83. The number of nitrogens with one attached hydrogen (secondary N) is 1. The third-order valence-corrected chi connectivity index (χ3v) is 5.09. The molecule has 31 heavy (non-hydrogen) atoms. The van der Waals surface area contributed by atoms with E-state index < -0.39 is 5.97 Å². The lowest BCUT2D eigenvalue weighted by Crippen LogP contribution is -2.17. The zero-order valence-electron chi connectivity index (χ0n) is 18.5. The molecule has 1 aromatic carbocycles. The van der Waals surface area contributed by atoms with Crippen molar-refractivity contribution in [2.45, 2.75) is 33.6 Å². The predicted octanol–water partition coefficient (Wildman–Crippen LogP) is 3.03. The second-order valence-corrected chi connectivity index (χ2v) is 7.11. The summed E-state index contributed by atoms with van der Waals surface area (Å²) >= 11 is 0. The molecule has 0 aliphatic heterocycles. The van der Waals surface area contributed by atoms with E-state index in [2.05, 4.69) is 15.4 Å². The van der Waals surface area contributed by atoms with Gasteiger partial charge in [0.1, 0.15) is 0 Å². The molecule has 0 spiro atoms. The summed E-state index contributed by atoms with van der Waals surface area (Å²) in [7, 11) is 4.22. The molecule has 0 unspecified atom stereocenters. The molecule has 0 fully saturated rings. The van der Waals surface area contributed by atoms with Crippen LogP contribution in [0.15, 0.2) is 18.2 Å². The number of aromatic nitrogens is 3. The molecule has 1 N–H and O–H groups in total. The van der Waals surface area contributed by atoms with E-state index in [1.54, 1.807) is 10.6 Å². The van der Waals surface area contributed by atoms with Crippen molar-refractivity contribution in [3.63, 3.8) is 0 Å². The fourth-order valence-corrected chi connectivity index (χ4v) is 3.52. The maximum absolute atomic E-state index is 12.7. The molecule has 9 nitrogen and oxygen atoms in total. The number of aryl methyl sites for hydroxylation is 3. The Morgan fingerprint density at radius 1 is 1.03 bits per heavy atom. The van der Waals surface area contributed by atoms with Crippen LogP contribution in [0.2, 0.25) is 0 Å². The number of carbonyl (C=O) groups excluding carboxylic acids is 2. The van der Waals surface area contributed by atoms with Gasteiger partial charge in [-0.1, -0.05) is 0 Å². The van der Waals surface area contributed by atoms with Crippen molar-refractivity contribution in [2.24, 2.45) is 0 Å². The van der Waals surface area contributed by atoms with Crippen LogP contribution in [-0.4, -0.2) is 47.8 Å². The molecular weight excluding hydrogens is 400 g/mol. The number of fused-ring (bicyclic) bond motifs is 1. The third-order valence-electron chi connectivity index (χ3n) is 5.09. The summed E-state index contributed by atoms with van der Waals surface area (Å²) in [5.41, 5.74) is 4.91. The summed E-state index contributed by atoms with van der Waals surface area (Å²) in [6, 6.07) is 4.94. The molecule has 164 valence electrons. The van der Waals surface area contributed by atoms with E-state index in [4.69, 9.17) is 14.2 Å². The summed E-state index contributed by atoms with van der Waals surface area (Å²) in [6.45, 7) is 5.80. The van der Waals surface area contributed by atoms with Gasteiger partial charge in [0, 0.05) is 36.0 Å². The number of rotatable bonds is 7. The zero-order chi connectivity index (χ0) is 22.7. The van der Waals surface area contributed by atoms with Gasteiger partial charge in [0.25, 0.3) is 0 Å². The summed E-state index contributed by atoms with van der Waals surface area (Å²) in [4.78, 5) is 29.5. The second-order valence-electron chi connectivity index (χ2n) is 7.11. The monoisotopic (exact) mass is 426 g/mol. The lowest BCUT2D eigenvalue weighted by molar-refractivity contribution is -0.116. The Kier molecular flexibility index (Phi) is 6.43. The first-order valence-electron chi connectivity index (χ1n) is 9.75. The summed E-state index contributed by atoms with van der Waals surface area (Å²) in [5, 5.41) is 7.25. The van der Waals surface area contributed by atoms with E-state index in [9.17, 15) is 9.59 Å². The SMILES string of the molecule is COC(=O)c1cc(OC)c(OC)cc1NC(=O)CCc1c(C)nc2cc(C)nn2c1C. The zero-order valence-corrected chi connectivity index (χ0v) is 18.5. The smallest absolute Gasteiger partial charge is 0.340 e. The van der Waals surface area contributed by atoms with Crippen molar-refractivity contribution in [3.05, 3.63) is 46.4 Å². The van der Waals surface area contributed by atoms with Crippen LogP contribution >= 0.6 is 0 Å². The van der Waals surface area contributed by atoms with E-state index in [1.165, 1.54) is 27.4 Å². The minimum atomic E-state index is -0.591. The van der Waals surface area contributed by atoms with Crippen molar-refractivity contribution in [1.82, 2.24) is 14.6 Å². The maximum Gasteiger partial charge on any atom is 0.340 e. The van der Waals surface area contributed by atoms with E-state index in [0.29, 0.717) is 23.6 Å². The number of esters is 1. The highest BCUT2D eigenvalue weighted by Crippen LogP contribution is 2.34. The minimum Gasteiger partial charge on any atom is -0.493 e. The Labute approximate surface area is 180 Å². The number of methoxy groups -OCH3 is 3. The molecule has 0 saturated heterocycles. The predicted molar refractivity (Wildman–Crippen MR) is 115 cm³/mol. The number of hydrogen-bond donors (Lipinski definition) is 1. The van der Waals surface area contributed by atoms with Crippen LogP contribution in [0.1, 0.15) is 39.4 Å². The molecule has 3 rings (SSSR count). The van der Waals surface area contributed by atoms with Crippen LogP contribution in [-0.2, 0) is 16.0 Å². The number of hydrogen-bond acceptors (Lipinski definition) is 7. The van der Waals surface area contributed by atoms with Gasteiger partial charge in [0.15, 0.2) is 17.1 Å². The van der Waals surface area contributed by atoms with Crippen LogP contribution in [0.5, 0.6) is 11.5 Å². The fourth-order valence-electron chi connectivity index (χ4n) is 3.52. The van der Waals surface area contributed by atoms with Crippen LogP contribution in [0.3, 0.4) is 0 Å². The molecule has 0 aliphatic carbocycles. The lowest BCUT2D eigenvalue weighted by Gasteiger charge is -2.15. The molecular formula is C22H26N4O5. The molecule has 1 amide bonds. The van der Waals surface area contributed by atoms with Gasteiger partial charge in [-0.15, -0.1) is 0 Å². The van der Waals surface area contributed by atoms with Gasteiger partial charge in [-0.25, -0.2) is 14.3 Å². The second kappa shape index (κ2) is 9.03. The Bertz CT molecular complexity index is 1150. The van der Waals surface area contributed by atoms with Gasteiger partial charge in [0.05, 0.1) is 38.3 Å². The molecule has 0 aliphatic rings. The molecule has 2 aromatic heterocycles. The van der Waals surface area contributed by atoms with Crippen molar-refractivity contribution >= 4 is 23.2 Å². The third kappa shape index (κ3) is 4.45. The highest BCUT2D eigenvalue weighted by molar-refractivity contribution is 6.02. The molecule has 9 heteroatoms. The molecule has 0 atom stereocenters. The minimum absolute atomic E-state index is 0.177. The van der Waals surface area contributed by atoms with Crippen molar-refractivity contribution in [3.8, 4) is 11.5 Å². The fraction of sp³-hybridized carbons (Fsp3) is 0.364. The Morgan fingerprint density at radius 3 is 2.35 bits per heavy atom. The van der Waals surface area contributed by atoms with E-state index >= 15 is 0 Å². The van der Waals surface area contributed by atoms with Crippen LogP contribution in [0, 0.1) is 20.8 Å². The van der Waals surface area contributed by atoms with Gasteiger partial charge in [-0.3, -0.25) is 4.79 Å². The average Bonchev–Trinajstić information content (AvgIpc) is 3.12. The Morgan fingerprint density at radius 2 is 1.71 bits per heavy atom. The van der Waals surface area contributed by atoms with Gasteiger partial charge in [0.2, 0.25) is 5.91 Å². The normalized spacial score (nSPS) is 10.8.